The number of hydrogen-bond acceptors (Lipinski definition) is 3. The molecule has 0 atom stereocenters. The fraction of sp³-hybridized carbons (Fsp3) is 0.765. The second-order valence-electron chi connectivity index (χ2n) is 6.31. The maximum atomic E-state index is 4.67. The molecule has 0 aromatic carbocycles. The molecule has 0 unspecified atom stereocenters. The highest BCUT2D eigenvalue weighted by Gasteiger charge is 2.18. The summed E-state index contributed by atoms with van der Waals surface area (Å²) in [7, 11) is 1.95. The van der Waals surface area contributed by atoms with Crippen LogP contribution in [0.15, 0.2) is 17.3 Å². The summed E-state index contributed by atoms with van der Waals surface area (Å²) in [4.78, 5) is 7.25. The van der Waals surface area contributed by atoms with Gasteiger partial charge in [-0.05, 0) is 57.8 Å². The minimum absolute atomic E-state index is 0. The summed E-state index contributed by atoms with van der Waals surface area (Å²) in [5, 5.41) is 11.0. The molecule has 0 bridgehead atoms. The Morgan fingerprint density at radius 2 is 2.04 bits per heavy atom. The van der Waals surface area contributed by atoms with Crippen molar-refractivity contribution in [3.05, 3.63) is 18.0 Å². The van der Waals surface area contributed by atoms with Crippen LogP contribution in [0.1, 0.15) is 38.8 Å². The Morgan fingerprint density at radius 3 is 2.62 bits per heavy atom. The van der Waals surface area contributed by atoms with E-state index >= 15 is 0 Å². The molecule has 0 saturated carbocycles. The molecule has 1 fully saturated rings. The molecule has 7 heteroatoms. The zero-order valence-corrected chi connectivity index (χ0v) is 17.6. The van der Waals surface area contributed by atoms with Crippen LogP contribution >= 0.6 is 24.0 Å². The lowest BCUT2D eigenvalue weighted by Gasteiger charge is -2.32. The lowest BCUT2D eigenvalue weighted by atomic mass is 9.97. The SMILES string of the molecule is CCCN1CCC(CNC(=NCc2ccnn2C)NCC)CC1.I. The van der Waals surface area contributed by atoms with Crippen molar-refractivity contribution >= 4 is 29.9 Å². The van der Waals surface area contributed by atoms with Crippen LogP contribution in [0.5, 0.6) is 0 Å². The normalized spacial score (nSPS) is 16.7. The van der Waals surface area contributed by atoms with Gasteiger partial charge in [-0.15, -0.1) is 24.0 Å². The van der Waals surface area contributed by atoms with Gasteiger partial charge in [-0.25, -0.2) is 4.99 Å². The van der Waals surface area contributed by atoms with Crippen LogP contribution in [0.3, 0.4) is 0 Å². The topological polar surface area (TPSA) is 57.5 Å². The van der Waals surface area contributed by atoms with Crippen LogP contribution in [0.25, 0.3) is 0 Å². The number of guanidine groups is 1. The van der Waals surface area contributed by atoms with Crippen LogP contribution in [0.4, 0.5) is 0 Å². The number of hydrogen-bond donors (Lipinski definition) is 2. The number of piperidine rings is 1. The van der Waals surface area contributed by atoms with Gasteiger partial charge in [-0.2, -0.15) is 5.10 Å². The number of aliphatic imine (C=N–C) groups is 1. The van der Waals surface area contributed by atoms with Gasteiger partial charge in [0.15, 0.2) is 5.96 Å². The first-order valence-corrected chi connectivity index (χ1v) is 8.94. The van der Waals surface area contributed by atoms with E-state index < -0.39 is 0 Å². The molecular weight excluding hydrogens is 415 g/mol. The van der Waals surface area contributed by atoms with E-state index in [-0.39, 0.29) is 24.0 Å². The first kappa shape index (κ1) is 21.2. The van der Waals surface area contributed by atoms with Crippen LogP contribution in [0.2, 0.25) is 0 Å². The van der Waals surface area contributed by atoms with Gasteiger partial charge in [0.05, 0.1) is 12.2 Å². The lowest BCUT2D eigenvalue weighted by Crippen LogP contribution is -2.43. The van der Waals surface area contributed by atoms with Gasteiger partial charge in [0, 0.05) is 26.3 Å². The summed E-state index contributed by atoms with van der Waals surface area (Å²) in [6, 6.07) is 2.01. The van der Waals surface area contributed by atoms with Gasteiger partial charge < -0.3 is 15.5 Å². The molecule has 2 rings (SSSR count). The molecule has 24 heavy (non-hydrogen) atoms. The average molecular weight is 448 g/mol. The molecule has 0 spiro atoms. The second kappa shape index (κ2) is 11.7. The van der Waals surface area contributed by atoms with E-state index in [2.05, 4.69) is 39.5 Å². The van der Waals surface area contributed by atoms with Gasteiger partial charge in [-0.1, -0.05) is 6.92 Å². The minimum atomic E-state index is 0. The number of likely N-dealkylation sites (tertiary alicyclic amines) is 1. The van der Waals surface area contributed by atoms with E-state index in [4.69, 9.17) is 0 Å². The average Bonchev–Trinajstić information content (AvgIpc) is 2.97. The molecule has 0 radical (unpaired) electrons. The lowest BCUT2D eigenvalue weighted by molar-refractivity contribution is 0.185. The third-order valence-corrected chi connectivity index (χ3v) is 4.47. The molecule has 0 aliphatic carbocycles. The highest BCUT2D eigenvalue weighted by Crippen LogP contribution is 2.16. The van der Waals surface area contributed by atoms with Crippen molar-refractivity contribution in [1.82, 2.24) is 25.3 Å². The Hall–Kier alpha value is -0.830. The van der Waals surface area contributed by atoms with Crippen molar-refractivity contribution in [1.29, 1.82) is 0 Å². The van der Waals surface area contributed by atoms with Crippen LogP contribution in [0, 0.1) is 5.92 Å². The van der Waals surface area contributed by atoms with E-state index in [0.29, 0.717) is 6.54 Å². The number of aryl methyl sites for hydroxylation is 1. The van der Waals surface area contributed by atoms with Crippen LogP contribution in [-0.4, -0.2) is 53.4 Å². The van der Waals surface area contributed by atoms with Crippen molar-refractivity contribution in [3.8, 4) is 0 Å². The summed E-state index contributed by atoms with van der Waals surface area (Å²) in [5.41, 5.74) is 1.12. The Labute approximate surface area is 163 Å². The molecule has 2 N–H and O–H groups in total. The van der Waals surface area contributed by atoms with Gasteiger partial charge in [0.25, 0.3) is 0 Å². The third-order valence-electron chi connectivity index (χ3n) is 4.47. The Balaban J connectivity index is 0.00000288. The molecule has 1 aromatic rings. The third kappa shape index (κ3) is 6.96. The number of aromatic nitrogens is 2. The second-order valence-corrected chi connectivity index (χ2v) is 6.31. The van der Waals surface area contributed by atoms with Gasteiger partial charge >= 0.3 is 0 Å². The van der Waals surface area contributed by atoms with E-state index in [1.54, 1.807) is 0 Å². The molecular formula is C17H33IN6. The minimum Gasteiger partial charge on any atom is -0.357 e. The molecule has 1 saturated heterocycles. The van der Waals surface area contributed by atoms with Gasteiger partial charge in [-0.3, -0.25) is 4.68 Å². The predicted molar refractivity (Wildman–Crippen MR) is 111 cm³/mol. The molecule has 1 aliphatic heterocycles. The zero-order valence-electron chi connectivity index (χ0n) is 15.3. The summed E-state index contributed by atoms with van der Waals surface area (Å²) >= 11 is 0. The Kier molecular flexibility index (Phi) is 10.3. The first-order valence-electron chi connectivity index (χ1n) is 8.94. The quantitative estimate of drug-likeness (QED) is 0.382. The number of nitrogens with one attached hydrogen (secondary N) is 2. The van der Waals surface area contributed by atoms with E-state index in [9.17, 15) is 0 Å². The highest BCUT2D eigenvalue weighted by atomic mass is 127. The zero-order chi connectivity index (χ0) is 16.5. The number of rotatable bonds is 7. The fourth-order valence-corrected chi connectivity index (χ4v) is 3.03. The Morgan fingerprint density at radius 1 is 1.29 bits per heavy atom. The summed E-state index contributed by atoms with van der Waals surface area (Å²) in [5.74, 6) is 1.66. The van der Waals surface area contributed by atoms with Crippen LogP contribution < -0.4 is 10.6 Å². The number of nitrogens with zero attached hydrogens (tertiary/aromatic N) is 4. The number of halogens is 1. The largest absolute Gasteiger partial charge is 0.357 e. The smallest absolute Gasteiger partial charge is 0.191 e. The summed E-state index contributed by atoms with van der Waals surface area (Å²) in [6.45, 7) is 10.6. The maximum absolute atomic E-state index is 4.67. The molecule has 138 valence electrons. The highest BCUT2D eigenvalue weighted by molar-refractivity contribution is 14.0. The molecule has 0 amide bonds. The van der Waals surface area contributed by atoms with Gasteiger partial charge in [0.2, 0.25) is 0 Å². The van der Waals surface area contributed by atoms with Crippen molar-refractivity contribution in [2.75, 3.05) is 32.7 Å². The van der Waals surface area contributed by atoms with Crippen molar-refractivity contribution in [2.24, 2.45) is 18.0 Å². The summed E-state index contributed by atoms with van der Waals surface area (Å²) in [6.07, 6.45) is 5.64. The molecule has 6 nitrogen and oxygen atoms in total. The van der Waals surface area contributed by atoms with Crippen molar-refractivity contribution in [3.63, 3.8) is 0 Å². The van der Waals surface area contributed by atoms with Crippen molar-refractivity contribution < 1.29 is 0 Å². The first-order chi connectivity index (χ1) is 11.2. The van der Waals surface area contributed by atoms with E-state index in [1.165, 1.54) is 38.9 Å². The van der Waals surface area contributed by atoms with Crippen molar-refractivity contribution in [2.45, 2.75) is 39.7 Å². The van der Waals surface area contributed by atoms with E-state index in [0.717, 1.165) is 30.7 Å². The molecule has 1 aliphatic rings. The van der Waals surface area contributed by atoms with E-state index in [1.807, 2.05) is 24.0 Å². The maximum Gasteiger partial charge on any atom is 0.191 e. The molecule has 1 aromatic heterocycles. The fourth-order valence-electron chi connectivity index (χ4n) is 3.03. The summed E-state index contributed by atoms with van der Waals surface area (Å²) < 4.78 is 1.87. The van der Waals surface area contributed by atoms with Gasteiger partial charge in [0.1, 0.15) is 0 Å². The monoisotopic (exact) mass is 448 g/mol. The molecule has 2 heterocycles. The predicted octanol–water partition coefficient (Wildman–Crippen LogP) is 2.22. The Bertz CT molecular complexity index is 479. The van der Waals surface area contributed by atoms with Crippen LogP contribution in [-0.2, 0) is 13.6 Å². The standard InChI is InChI=1S/C17H32N6.HI/c1-4-10-23-11-7-15(8-12-23)13-19-17(18-5-2)20-14-16-6-9-21-22(16)3;/h6,9,15H,4-5,7-8,10-14H2,1-3H3,(H2,18,19,20);1H.